The van der Waals surface area contributed by atoms with E-state index in [0.29, 0.717) is 13.0 Å². The van der Waals surface area contributed by atoms with Crippen molar-refractivity contribution < 1.29 is 9.90 Å². The number of benzene rings is 1. The first-order chi connectivity index (χ1) is 7.77. The fourth-order valence-corrected chi connectivity index (χ4v) is 1.52. The van der Waals surface area contributed by atoms with Crippen molar-refractivity contribution in [2.45, 2.75) is 19.8 Å². The second kappa shape index (κ2) is 7.01. The van der Waals surface area contributed by atoms with E-state index in [2.05, 4.69) is 5.32 Å². The highest BCUT2D eigenvalue weighted by Gasteiger charge is 2.13. The van der Waals surface area contributed by atoms with E-state index in [1.54, 1.807) is 0 Å². The molecule has 0 aromatic heterocycles. The molecule has 0 aliphatic carbocycles. The number of carbonyl (C=O) groups is 1. The highest BCUT2D eigenvalue weighted by molar-refractivity contribution is 5.78. The molecular weight excluding hydrogens is 202 g/mol. The van der Waals surface area contributed by atoms with Gasteiger partial charge in [0.05, 0.1) is 12.5 Å². The molecule has 0 aliphatic heterocycles. The lowest BCUT2D eigenvalue weighted by Crippen LogP contribution is -2.33. The van der Waals surface area contributed by atoms with Crippen molar-refractivity contribution in [3.63, 3.8) is 0 Å². The van der Waals surface area contributed by atoms with Crippen LogP contribution in [0, 0.1) is 5.92 Å². The number of hydrogen-bond donors (Lipinski definition) is 2. The van der Waals surface area contributed by atoms with Crippen LogP contribution in [0.5, 0.6) is 0 Å². The summed E-state index contributed by atoms with van der Waals surface area (Å²) in [4.78, 5) is 11.5. The van der Waals surface area contributed by atoms with Crippen LogP contribution in [0.1, 0.15) is 18.9 Å². The maximum atomic E-state index is 11.5. The summed E-state index contributed by atoms with van der Waals surface area (Å²) in [6.07, 6.45) is 1.50. The average molecular weight is 221 g/mol. The first kappa shape index (κ1) is 12.7. The van der Waals surface area contributed by atoms with Gasteiger partial charge in [0, 0.05) is 6.54 Å². The highest BCUT2D eigenvalue weighted by atomic mass is 16.3. The normalized spacial score (nSPS) is 12.1. The Labute approximate surface area is 96.5 Å². The second-order valence-electron chi connectivity index (χ2n) is 3.81. The van der Waals surface area contributed by atoms with Crippen molar-refractivity contribution in [2.75, 3.05) is 13.2 Å². The lowest BCUT2D eigenvalue weighted by atomic mass is 10.1. The van der Waals surface area contributed by atoms with E-state index >= 15 is 0 Å². The summed E-state index contributed by atoms with van der Waals surface area (Å²) in [7, 11) is 0. The van der Waals surface area contributed by atoms with Crippen molar-refractivity contribution >= 4 is 5.91 Å². The lowest BCUT2D eigenvalue weighted by molar-refractivity contribution is -0.126. The quantitative estimate of drug-likeness (QED) is 0.762. The van der Waals surface area contributed by atoms with Gasteiger partial charge in [0.25, 0.3) is 0 Å². The van der Waals surface area contributed by atoms with Gasteiger partial charge in [-0.15, -0.1) is 0 Å². The van der Waals surface area contributed by atoms with Gasteiger partial charge in [-0.1, -0.05) is 37.3 Å². The van der Waals surface area contributed by atoms with Crippen LogP contribution in [0.2, 0.25) is 0 Å². The number of carbonyl (C=O) groups excluding carboxylic acids is 1. The molecule has 0 saturated heterocycles. The van der Waals surface area contributed by atoms with Crippen LogP contribution >= 0.6 is 0 Å². The molecule has 0 spiro atoms. The number of aliphatic hydroxyl groups excluding tert-OH is 1. The highest BCUT2D eigenvalue weighted by Crippen LogP contribution is 2.02. The van der Waals surface area contributed by atoms with Crippen LogP contribution in [-0.2, 0) is 11.2 Å². The second-order valence-corrected chi connectivity index (χ2v) is 3.81. The van der Waals surface area contributed by atoms with Crippen LogP contribution in [0.3, 0.4) is 0 Å². The summed E-state index contributed by atoms with van der Waals surface area (Å²) in [6.45, 7) is 2.45. The minimum Gasteiger partial charge on any atom is -0.396 e. The molecule has 0 saturated carbocycles. The van der Waals surface area contributed by atoms with Gasteiger partial charge in [0.15, 0.2) is 0 Å². The maximum Gasteiger partial charge on any atom is 0.225 e. The van der Waals surface area contributed by atoms with Crippen LogP contribution in [0.25, 0.3) is 0 Å². The maximum absolute atomic E-state index is 11.5. The van der Waals surface area contributed by atoms with E-state index in [9.17, 15) is 4.79 Å². The zero-order chi connectivity index (χ0) is 11.8. The third-order valence-corrected chi connectivity index (χ3v) is 2.64. The number of amides is 1. The fourth-order valence-electron chi connectivity index (χ4n) is 1.52. The van der Waals surface area contributed by atoms with E-state index < -0.39 is 0 Å². The Kier molecular flexibility index (Phi) is 5.57. The number of hydrogen-bond acceptors (Lipinski definition) is 2. The summed E-state index contributed by atoms with van der Waals surface area (Å²) in [5.74, 6) is -0.322. The molecule has 2 N–H and O–H groups in total. The summed E-state index contributed by atoms with van der Waals surface area (Å²) in [5, 5.41) is 11.8. The minimum absolute atomic E-state index is 0.0547. The van der Waals surface area contributed by atoms with Gasteiger partial charge in [0.2, 0.25) is 5.91 Å². The molecular formula is C13H19NO2. The number of rotatable bonds is 6. The molecule has 0 fully saturated rings. The zero-order valence-corrected chi connectivity index (χ0v) is 9.65. The first-order valence-electron chi connectivity index (χ1n) is 5.70. The van der Waals surface area contributed by atoms with Gasteiger partial charge in [-0.05, 0) is 18.4 Å². The van der Waals surface area contributed by atoms with Crippen molar-refractivity contribution in [1.29, 1.82) is 0 Å². The van der Waals surface area contributed by atoms with E-state index in [1.807, 2.05) is 37.3 Å². The van der Waals surface area contributed by atoms with Crippen molar-refractivity contribution in [3.05, 3.63) is 35.9 Å². The van der Waals surface area contributed by atoms with Crippen LogP contribution in [0.15, 0.2) is 30.3 Å². The predicted octanol–water partition coefficient (Wildman–Crippen LogP) is 1.36. The Morgan fingerprint density at radius 3 is 2.62 bits per heavy atom. The summed E-state index contributed by atoms with van der Waals surface area (Å²) in [5.41, 5.74) is 1.21. The van der Waals surface area contributed by atoms with Gasteiger partial charge < -0.3 is 10.4 Å². The molecule has 0 heterocycles. The Balaban J connectivity index is 2.28. The Morgan fingerprint density at radius 1 is 1.38 bits per heavy atom. The molecule has 0 radical (unpaired) electrons. The Morgan fingerprint density at radius 2 is 2.06 bits per heavy atom. The molecule has 88 valence electrons. The van der Waals surface area contributed by atoms with Crippen LogP contribution in [0.4, 0.5) is 0 Å². The third kappa shape index (κ3) is 4.03. The third-order valence-electron chi connectivity index (χ3n) is 2.64. The van der Waals surface area contributed by atoms with Gasteiger partial charge >= 0.3 is 0 Å². The number of nitrogens with one attached hydrogen (secondary N) is 1. The molecule has 1 unspecified atom stereocenters. The number of aliphatic hydroxyl groups is 1. The Bertz CT molecular complexity index is 307. The first-order valence-corrected chi connectivity index (χ1v) is 5.70. The standard InChI is InChI=1S/C13H19NO2/c1-2-12(10-15)13(16)14-9-8-11-6-4-3-5-7-11/h3-7,12,15H,2,8-10H2,1H3,(H,14,16). The molecule has 16 heavy (non-hydrogen) atoms. The van der Waals surface area contributed by atoms with Crippen molar-refractivity contribution in [1.82, 2.24) is 5.32 Å². The van der Waals surface area contributed by atoms with Crippen LogP contribution in [-0.4, -0.2) is 24.2 Å². The SMILES string of the molecule is CCC(CO)C(=O)NCCc1ccccc1. The lowest BCUT2D eigenvalue weighted by Gasteiger charge is -2.11. The van der Waals surface area contributed by atoms with E-state index in [1.165, 1.54) is 5.56 Å². The molecule has 1 amide bonds. The average Bonchev–Trinajstić information content (AvgIpc) is 2.32. The Hall–Kier alpha value is -1.35. The van der Waals surface area contributed by atoms with Gasteiger partial charge in [0.1, 0.15) is 0 Å². The fraction of sp³-hybridized carbons (Fsp3) is 0.462. The molecule has 1 rings (SSSR count). The van der Waals surface area contributed by atoms with Gasteiger partial charge in [-0.2, -0.15) is 0 Å². The molecule has 0 bridgehead atoms. The minimum atomic E-state index is -0.268. The smallest absolute Gasteiger partial charge is 0.225 e. The molecule has 3 heteroatoms. The van der Waals surface area contributed by atoms with Gasteiger partial charge in [-0.3, -0.25) is 4.79 Å². The zero-order valence-electron chi connectivity index (χ0n) is 9.65. The predicted molar refractivity (Wildman–Crippen MR) is 64.0 cm³/mol. The van der Waals surface area contributed by atoms with E-state index in [4.69, 9.17) is 5.11 Å². The van der Waals surface area contributed by atoms with Crippen molar-refractivity contribution in [3.8, 4) is 0 Å². The molecule has 1 aromatic rings. The molecule has 1 aromatic carbocycles. The monoisotopic (exact) mass is 221 g/mol. The topological polar surface area (TPSA) is 49.3 Å². The molecule has 1 atom stereocenters. The van der Waals surface area contributed by atoms with Crippen molar-refractivity contribution in [2.24, 2.45) is 5.92 Å². The molecule has 0 aliphatic rings. The summed E-state index contributed by atoms with van der Waals surface area (Å²) < 4.78 is 0. The van der Waals surface area contributed by atoms with E-state index in [0.717, 1.165) is 6.42 Å². The van der Waals surface area contributed by atoms with E-state index in [-0.39, 0.29) is 18.4 Å². The van der Waals surface area contributed by atoms with Gasteiger partial charge in [-0.25, -0.2) is 0 Å². The largest absolute Gasteiger partial charge is 0.396 e. The molecule has 3 nitrogen and oxygen atoms in total. The summed E-state index contributed by atoms with van der Waals surface area (Å²) in [6, 6.07) is 10.0. The van der Waals surface area contributed by atoms with Crippen LogP contribution < -0.4 is 5.32 Å². The summed E-state index contributed by atoms with van der Waals surface area (Å²) >= 11 is 0.